The number of aliphatic hydroxyl groups is 1. The Labute approximate surface area is 108 Å². The van der Waals surface area contributed by atoms with Crippen molar-refractivity contribution < 1.29 is 9.90 Å². The largest absolute Gasteiger partial charge is 0.396 e. The summed E-state index contributed by atoms with van der Waals surface area (Å²) < 4.78 is 0. The van der Waals surface area contributed by atoms with E-state index in [9.17, 15) is 4.79 Å². The summed E-state index contributed by atoms with van der Waals surface area (Å²) in [5.41, 5.74) is 0. The van der Waals surface area contributed by atoms with E-state index in [1.165, 1.54) is 24.3 Å². The number of piperidine rings is 1. The van der Waals surface area contributed by atoms with Gasteiger partial charge in [0.05, 0.1) is 0 Å². The van der Waals surface area contributed by atoms with Gasteiger partial charge in [0.1, 0.15) is 0 Å². The third kappa shape index (κ3) is 3.88. The van der Waals surface area contributed by atoms with Crippen molar-refractivity contribution in [2.24, 2.45) is 11.8 Å². The fourth-order valence-corrected chi connectivity index (χ4v) is 3.90. The van der Waals surface area contributed by atoms with Gasteiger partial charge in [0.2, 0.25) is 5.91 Å². The minimum Gasteiger partial charge on any atom is -0.396 e. The molecular formula is C13H23NO2S. The van der Waals surface area contributed by atoms with E-state index in [1.54, 1.807) is 0 Å². The molecule has 2 aliphatic heterocycles. The van der Waals surface area contributed by atoms with Crippen molar-refractivity contribution in [3.63, 3.8) is 0 Å². The minimum atomic E-state index is 0.280. The van der Waals surface area contributed by atoms with Gasteiger partial charge in [0.25, 0.3) is 0 Å². The molecule has 0 spiro atoms. The van der Waals surface area contributed by atoms with Gasteiger partial charge in [-0.3, -0.25) is 4.79 Å². The molecule has 0 aromatic heterocycles. The van der Waals surface area contributed by atoms with Crippen molar-refractivity contribution in [3.05, 3.63) is 0 Å². The molecule has 2 rings (SSSR count). The standard InChI is InChI=1S/C13H23NO2S/c15-10-12-1-5-14(6-2-12)13(16)9-11-3-7-17-8-4-11/h11-12,15H,1-10H2. The highest BCUT2D eigenvalue weighted by Crippen LogP contribution is 2.26. The van der Waals surface area contributed by atoms with Gasteiger partial charge in [0, 0.05) is 26.1 Å². The normalized spacial score (nSPS) is 23.9. The fourth-order valence-electron chi connectivity index (χ4n) is 2.69. The highest BCUT2D eigenvalue weighted by molar-refractivity contribution is 7.99. The number of amides is 1. The third-order valence-electron chi connectivity index (χ3n) is 4.03. The van der Waals surface area contributed by atoms with Crippen molar-refractivity contribution in [2.45, 2.75) is 32.1 Å². The highest BCUT2D eigenvalue weighted by atomic mass is 32.2. The molecule has 2 aliphatic rings. The topological polar surface area (TPSA) is 40.5 Å². The first-order chi connectivity index (χ1) is 8.29. The zero-order valence-corrected chi connectivity index (χ0v) is 11.3. The molecule has 0 aromatic carbocycles. The molecule has 0 atom stereocenters. The van der Waals surface area contributed by atoms with E-state index in [-0.39, 0.29) is 6.61 Å². The number of likely N-dealkylation sites (tertiary alicyclic amines) is 1. The number of carbonyl (C=O) groups excluding carboxylic acids is 1. The van der Waals surface area contributed by atoms with Gasteiger partial charge in [-0.1, -0.05) is 0 Å². The van der Waals surface area contributed by atoms with E-state index in [1.807, 2.05) is 16.7 Å². The Morgan fingerprint density at radius 2 is 1.76 bits per heavy atom. The number of hydrogen-bond donors (Lipinski definition) is 1. The second-order valence-electron chi connectivity index (χ2n) is 5.27. The van der Waals surface area contributed by atoms with Crippen LogP contribution in [0.1, 0.15) is 32.1 Å². The molecule has 0 unspecified atom stereocenters. The molecule has 0 bridgehead atoms. The quantitative estimate of drug-likeness (QED) is 0.837. The lowest BCUT2D eigenvalue weighted by Crippen LogP contribution is -2.40. The van der Waals surface area contributed by atoms with E-state index in [0.717, 1.165) is 32.4 Å². The van der Waals surface area contributed by atoms with Crippen LogP contribution < -0.4 is 0 Å². The van der Waals surface area contributed by atoms with Crippen LogP contribution in [0.2, 0.25) is 0 Å². The molecule has 4 heteroatoms. The Morgan fingerprint density at radius 3 is 2.35 bits per heavy atom. The Morgan fingerprint density at radius 1 is 1.12 bits per heavy atom. The first-order valence-electron chi connectivity index (χ1n) is 6.76. The average Bonchev–Trinajstić information content (AvgIpc) is 2.40. The molecule has 2 heterocycles. The Balaban J connectivity index is 1.72. The molecule has 2 saturated heterocycles. The van der Waals surface area contributed by atoms with E-state index < -0.39 is 0 Å². The molecule has 0 radical (unpaired) electrons. The maximum atomic E-state index is 12.1. The molecule has 1 amide bonds. The monoisotopic (exact) mass is 257 g/mol. The summed E-state index contributed by atoms with van der Waals surface area (Å²) >= 11 is 2.01. The van der Waals surface area contributed by atoms with Crippen LogP contribution >= 0.6 is 11.8 Å². The number of carbonyl (C=O) groups is 1. The van der Waals surface area contributed by atoms with E-state index >= 15 is 0 Å². The average molecular weight is 257 g/mol. The lowest BCUT2D eigenvalue weighted by atomic mass is 9.95. The molecule has 1 N–H and O–H groups in total. The van der Waals surface area contributed by atoms with Crippen LogP contribution in [0.25, 0.3) is 0 Å². The summed E-state index contributed by atoms with van der Waals surface area (Å²) in [5, 5.41) is 9.07. The highest BCUT2D eigenvalue weighted by Gasteiger charge is 2.25. The lowest BCUT2D eigenvalue weighted by molar-refractivity contribution is -0.133. The molecular weight excluding hydrogens is 234 g/mol. The molecule has 98 valence electrons. The van der Waals surface area contributed by atoms with Gasteiger partial charge in [-0.25, -0.2) is 0 Å². The van der Waals surface area contributed by atoms with Gasteiger partial charge in [-0.2, -0.15) is 11.8 Å². The van der Waals surface area contributed by atoms with Crippen LogP contribution in [0.15, 0.2) is 0 Å². The summed E-state index contributed by atoms with van der Waals surface area (Å²) in [6.07, 6.45) is 5.13. The molecule has 0 aliphatic carbocycles. The minimum absolute atomic E-state index is 0.280. The maximum Gasteiger partial charge on any atom is 0.222 e. The van der Waals surface area contributed by atoms with Crippen LogP contribution in [-0.4, -0.2) is 47.1 Å². The number of rotatable bonds is 3. The van der Waals surface area contributed by atoms with E-state index in [2.05, 4.69) is 0 Å². The summed E-state index contributed by atoms with van der Waals surface area (Å²) in [4.78, 5) is 14.1. The van der Waals surface area contributed by atoms with Gasteiger partial charge < -0.3 is 10.0 Å². The second kappa shape index (κ2) is 6.64. The van der Waals surface area contributed by atoms with Gasteiger partial charge in [0.15, 0.2) is 0 Å². The van der Waals surface area contributed by atoms with Crippen LogP contribution in [-0.2, 0) is 4.79 Å². The van der Waals surface area contributed by atoms with Crippen molar-refractivity contribution in [3.8, 4) is 0 Å². The third-order valence-corrected chi connectivity index (χ3v) is 5.08. The number of hydrogen-bond acceptors (Lipinski definition) is 3. The molecule has 17 heavy (non-hydrogen) atoms. The van der Waals surface area contributed by atoms with Crippen LogP contribution in [0.3, 0.4) is 0 Å². The Hall–Kier alpha value is -0.220. The Kier molecular flexibility index (Phi) is 5.16. The van der Waals surface area contributed by atoms with Crippen molar-refractivity contribution in [1.29, 1.82) is 0 Å². The number of nitrogens with zero attached hydrogens (tertiary/aromatic N) is 1. The summed E-state index contributed by atoms with van der Waals surface area (Å²) in [6, 6.07) is 0. The van der Waals surface area contributed by atoms with Gasteiger partial charge in [-0.05, 0) is 49.0 Å². The lowest BCUT2D eigenvalue weighted by Gasteiger charge is -2.32. The SMILES string of the molecule is O=C(CC1CCSCC1)N1CCC(CO)CC1. The summed E-state index contributed by atoms with van der Waals surface area (Å²) in [5.74, 6) is 3.84. The maximum absolute atomic E-state index is 12.1. The smallest absolute Gasteiger partial charge is 0.222 e. The second-order valence-corrected chi connectivity index (χ2v) is 6.49. The van der Waals surface area contributed by atoms with Crippen molar-refractivity contribution in [2.75, 3.05) is 31.2 Å². The molecule has 2 fully saturated rings. The van der Waals surface area contributed by atoms with Crippen molar-refractivity contribution in [1.82, 2.24) is 4.90 Å². The predicted octanol–water partition coefficient (Wildman–Crippen LogP) is 1.75. The first-order valence-corrected chi connectivity index (χ1v) is 7.91. The molecule has 3 nitrogen and oxygen atoms in total. The first kappa shape index (κ1) is 13.2. The number of thioether (sulfide) groups is 1. The zero-order chi connectivity index (χ0) is 12.1. The van der Waals surface area contributed by atoms with Gasteiger partial charge in [-0.15, -0.1) is 0 Å². The summed E-state index contributed by atoms with van der Waals surface area (Å²) in [6.45, 7) is 1.99. The van der Waals surface area contributed by atoms with Gasteiger partial charge >= 0.3 is 0 Å². The van der Waals surface area contributed by atoms with Crippen molar-refractivity contribution >= 4 is 17.7 Å². The Bertz CT molecular complexity index is 246. The van der Waals surface area contributed by atoms with Crippen LogP contribution in [0.5, 0.6) is 0 Å². The zero-order valence-electron chi connectivity index (χ0n) is 10.4. The number of aliphatic hydroxyl groups excluding tert-OH is 1. The molecule has 0 aromatic rings. The summed E-state index contributed by atoms with van der Waals surface area (Å²) in [7, 11) is 0. The van der Waals surface area contributed by atoms with E-state index in [4.69, 9.17) is 5.11 Å². The van der Waals surface area contributed by atoms with E-state index in [0.29, 0.717) is 17.7 Å². The van der Waals surface area contributed by atoms with Crippen LogP contribution in [0, 0.1) is 11.8 Å². The fraction of sp³-hybridized carbons (Fsp3) is 0.923. The molecule has 0 saturated carbocycles. The predicted molar refractivity (Wildman–Crippen MR) is 71.1 cm³/mol. The van der Waals surface area contributed by atoms with Crippen LogP contribution in [0.4, 0.5) is 0 Å².